The maximum Gasteiger partial charge on any atom is 0.324 e. The molecule has 2 heterocycles. The van der Waals surface area contributed by atoms with Crippen molar-refractivity contribution in [1.82, 2.24) is 19.6 Å². The molecule has 2 N–H and O–H groups in total. The zero-order valence-corrected chi connectivity index (χ0v) is 21.2. The number of carbonyl (C=O) groups is 1. The molecule has 0 fully saturated rings. The van der Waals surface area contributed by atoms with Gasteiger partial charge in [-0.2, -0.15) is 0 Å². The number of urea groups is 1. The molecule has 2 aromatic carbocycles. The van der Waals surface area contributed by atoms with Gasteiger partial charge in [-0.3, -0.25) is 9.88 Å². The smallest absolute Gasteiger partial charge is 0.324 e. The fourth-order valence-corrected chi connectivity index (χ4v) is 3.59. The van der Waals surface area contributed by atoms with Gasteiger partial charge in [-0.05, 0) is 56.6 Å². The number of carbonyl (C=O) groups excluding carboxylic acids is 1. The van der Waals surface area contributed by atoms with E-state index in [2.05, 4.69) is 63.8 Å². The predicted molar refractivity (Wildman–Crippen MR) is 141 cm³/mol. The minimum atomic E-state index is -0.384. The lowest BCUT2D eigenvalue weighted by Gasteiger charge is -2.21. The molecular formula is C26H33N7O2. The molecule has 4 aromatic rings. The van der Waals surface area contributed by atoms with Gasteiger partial charge in [-0.25, -0.2) is 9.78 Å². The Morgan fingerprint density at radius 2 is 1.74 bits per heavy atom. The van der Waals surface area contributed by atoms with Crippen LogP contribution in [0.15, 0.2) is 59.4 Å². The van der Waals surface area contributed by atoms with Crippen molar-refractivity contribution in [3.8, 4) is 5.69 Å². The van der Waals surface area contributed by atoms with E-state index in [4.69, 9.17) is 4.52 Å². The van der Waals surface area contributed by atoms with Crippen molar-refractivity contribution < 1.29 is 9.32 Å². The van der Waals surface area contributed by atoms with Crippen molar-refractivity contribution in [2.24, 2.45) is 0 Å². The summed E-state index contributed by atoms with van der Waals surface area (Å²) in [6, 6.07) is 15.3. The summed E-state index contributed by atoms with van der Waals surface area (Å²) in [6.45, 7) is 7.97. The Labute approximate surface area is 205 Å². The number of imidazole rings is 1. The lowest BCUT2D eigenvalue weighted by atomic mass is 9.93. The van der Waals surface area contributed by atoms with E-state index in [0.717, 1.165) is 35.5 Å². The topological polar surface area (TPSA) is 91.5 Å². The highest BCUT2D eigenvalue weighted by Crippen LogP contribution is 2.26. The average molecular weight is 476 g/mol. The first-order valence-electron chi connectivity index (χ1n) is 11.6. The number of hydrogen-bond acceptors (Lipinski definition) is 6. The van der Waals surface area contributed by atoms with Crippen LogP contribution in [0.5, 0.6) is 0 Å². The van der Waals surface area contributed by atoms with E-state index in [9.17, 15) is 4.79 Å². The van der Waals surface area contributed by atoms with Gasteiger partial charge in [0.15, 0.2) is 5.82 Å². The number of rotatable bonds is 7. The van der Waals surface area contributed by atoms with Crippen molar-refractivity contribution in [3.63, 3.8) is 0 Å². The van der Waals surface area contributed by atoms with Crippen molar-refractivity contribution in [3.05, 3.63) is 60.6 Å². The molecule has 0 radical (unpaired) electrons. The molecule has 9 heteroatoms. The molecule has 0 atom stereocenters. The first kappa shape index (κ1) is 24.3. The van der Waals surface area contributed by atoms with Gasteiger partial charge in [0.05, 0.1) is 11.0 Å². The third kappa shape index (κ3) is 5.81. The molecule has 0 bridgehead atoms. The van der Waals surface area contributed by atoms with Gasteiger partial charge in [0.1, 0.15) is 12.1 Å². The first-order valence-corrected chi connectivity index (χ1v) is 11.6. The number of nitrogens with one attached hydrogen (secondary N) is 2. The van der Waals surface area contributed by atoms with E-state index in [1.807, 2.05) is 62.0 Å². The summed E-state index contributed by atoms with van der Waals surface area (Å²) in [6.07, 6.45) is 1.82. The Hall–Kier alpha value is -3.85. The standard InChI is InChI=1S/C26H33N7O2/c1-26(2,3)23-16-24(30-35-23)29-25(34)28-18-7-9-19(10-8-18)33-17-27-21-12-11-20(15-22(21)33)32(6)14-13-31(4)5/h7-12,15-17H,13-14H2,1-6H3,(H2,28,29,30,34). The van der Waals surface area contributed by atoms with Gasteiger partial charge >= 0.3 is 6.03 Å². The highest BCUT2D eigenvalue weighted by Gasteiger charge is 2.20. The van der Waals surface area contributed by atoms with Crippen molar-refractivity contribution >= 4 is 34.3 Å². The third-order valence-corrected chi connectivity index (χ3v) is 5.75. The van der Waals surface area contributed by atoms with Gasteiger partial charge in [-0.15, -0.1) is 0 Å². The number of aromatic nitrogens is 3. The van der Waals surface area contributed by atoms with Crippen LogP contribution in [-0.2, 0) is 5.41 Å². The number of amides is 2. The molecule has 2 amide bonds. The fourth-order valence-electron chi connectivity index (χ4n) is 3.59. The quantitative estimate of drug-likeness (QED) is 0.393. The molecule has 0 saturated heterocycles. The molecule has 0 saturated carbocycles. The van der Waals surface area contributed by atoms with Crippen LogP contribution in [0.3, 0.4) is 0 Å². The van der Waals surface area contributed by atoms with Crippen LogP contribution in [0, 0.1) is 0 Å². The van der Waals surface area contributed by atoms with E-state index in [0.29, 0.717) is 17.3 Å². The van der Waals surface area contributed by atoms with E-state index < -0.39 is 0 Å². The first-order chi connectivity index (χ1) is 16.6. The molecule has 0 aliphatic rings. The Morgan fingerprint density at radius 3 is 2.40 bits per heavy atom. The lowest BCUT2D eigenvalue weighted by molar-refractivity contribution is 0.262. The van der Waals surface area contributed by atoms with E-state index in [-0.39, 0.29) is 11.4 Å². The Bertz CT molecular complexity index is 1300. The molecule has 35 heavy (non-hydrogen) atoms. The largest absolute Gasteiger partial charge is 0.373 e. The minimum Gasteiger partial charge on any atom is -0.373 e. The minimum absolute atomic E-state index is 0.181. The monoisotopic (exact) mass is 475 g/mol. The maximum absolute atomic E-state index is 12.4. The molecule has 0 aliphatic carbocycles. The summed E-state index contributed by atoms with van der Waals surface area (Å²) in [5.74, 6) is 1.08. The SMILES string of the molecule is CN(C)CCN(C)c1ccc2ncn(-c3ccc(NC(=O)Nc4cc(C(C)(C)C)on4)cc3)c2c1. The van der Waals surface area contributed by atoms with Crippen molar-refractivity contribution in [2.45, 2.75) is 26.2 Å². The van der Waals surface area contributed by atoms with Gasteiger partial charge in [0.25, 0.3) is 0 Å². The molecule has 2 aromatic heterocycles. The number of benzene rings is 2. The molecule has 184 valence electrons. The number of likely N-dealkylation sites (N-methyl/N-ethyl adjacent to an activating group) is 2. The van der Waals surface area contributed by atoms with Crippen LogP contribution < -0.4 is 15.5 Å². The van der Waals surface area contributed by atoms with Crippen LogP contribution in [0.25, 0.3) is 16.7 Å². The van der Waals surface area contributed by atoms with Crippen LogP contribution in [-0.4, -0.2) is 59.9 Å². The second-order valence-electron chi connectivity index (χ2n) is 9.96. The summed E-state index contributed by atoms with van der Waals surface area (Å²) >= 11 is 0. The summed E-state index contributed by atoms with van der Waals surface area (Å²) in [4.78, 5) is 21.4. The van der Waals surface area contributed by atoms with E-state index >= 15 is 0 Å². The Morgan fingerprint density at radius 1 is 1.00 bits per heavy atom. The zero-order chi connectivity index (χ0) is 25.2. The Balaban J connectivity index is 1.45. The fraction of sp³-hybridized carbons (Fsp3) is 0.346. The van der Waals surface area contributed by atoms with Crippen LogP contribution in [0.1, 0.15) is 26.5 Å². The van der Waals surface area contributed by atoms with E-state index in [1.165, 1.54) is 0 Å². The number of fused-ring (bicyclic) bond motifs is 1. The number of anilines is 3. The summed E-state index contributed by atoms with van der Waals surface area (Å²) in [5, 5.41) is 9.45. The molecule has 0 unspecified atom stereocenters. The number of nitrogens with zero attached hydrogens (tertiary/aromatic N) is 5. The third-order valence-electron chi connectivity index (χ3n) is 5.75. The highest BCUT2D eigenvalue weighted by atomic mass is 16.5. The molecule has 9 nitrogen and oxygen atoms in total. The van der Waals surface area contributed by atoms with Gasteiger partial charge in [-0.1, -0.05) is 25.9 Å². The summed E-state index contributed by atoms with van der Waals surface area (Å²) in [7, 11) is 6.25. The second-order valence-corrected chi connectivity index (χ2v) is 9.96. The maximum atomic E-state index is 12.4. The Kier molecular flexibility index (Phi) is 6.79. The van der Waals surface area contributed by atoms with Crippen molar-refractivity contribution in [2.75, 3.05) is 49.8 Å². The summed E-state index contributed by atoms with van der Waals surface area (Å²) < 4.78 is 7.36. The molecule has 4 rings (SSSR count). The van der Waals surface area contributed by atoms with Crippen LogP contribution in [0.4, 0.5) is 22.0 Å². The highest BCUT2D eigenvalue weighted by molar-refractivity contribution is 5.99. The lowest BCUT2D eigenvalue weighted by Crippen LogP contribution is -2.28. The molecule has 0 aliphatic heterocycles. The number of hydrogen-bond donors (Lipinski definition) is 2. The second kappa shape index (κ2) is 9.79. The van der Waals surface area contributed by atoms with Crippen LogP contribution >= 0.6 is 0 Å². The average Bonchev–Trinajstić information content (AvgIpc) is 3.44. The normalized spacial score (nSPS) is 11.7. The van der Waals surface area contributed by atoms with Gasteiger partial charge < -0.3 is 19.6 Å². The molecular weight excluding hydrogens is 442 g/mol. The van der Waals surface area contributed by atoms with E-state index in [1.54, 1.807) is 6.07 Å². The van der Waals surface area contributed by atoms with Crippen molar-refractivity contribution in [1.29, 1.82) is 0 Å². The molecule has 0 spiro atoms. The van der Waals surface area contributed by atoms with Gasteiger partial charge in [0.2, 0.25) is 0 Å². The van der Waals surface area contributed by atoms with Crippen LogP contribution in [0.2, 0.25) is 0 Å². The summed E-state index contributed by atoms with van der Waals surface area (Å²) in [5.41, 5.74) is 4.53. The zero-order valence-electron chi connectivity index (χ0n) is 21.2. The predicted octanol–water partition coefficient (Wildman–Crippen LogP) is 4.95. The van der Waals surface area contributed by atoms with Gasteiger partial charge in [0, 0.05) is 48.7 Å².